The molecule has 9 rings (SSSR count). The highest BCUT2D eigenvalue weighted by atomic mass is 35.5. The lowest BCUT2D eigenvalue weighted by atomic mass is 9.60. The van der Waals surface area contributed by atoms with Gasteiger partial charge in [-0.2, -0.15) is 5.26 Å². The normalized spacial score (nSPS) is 23.6. The van der Waals surface area contributed by atoms with Crippen LogP contribution in [0.15, 0.2) is 60.7 Å². The van der Waals surface area contributed by atoms with Crippen molar-refractivity contribution in [3.8, 4) is 6.07 Å². The summed E-state index contributed by atoms with van der Waals surface area (Å²) < 4.78 is 15.7. The molecule has 0 radical (unpaired) electrons. The number of hydrogen-bond acceptors (Lipinski definition) is 8. The van der Waals surface area contributed by atoms with Crippen molar-refractivity contribution in [2.75, 3.05) is 85.0 Å². The van der Waals surface area contributed by atoms with Gasteiger partial charge < -0.3 is 19.6 Å². The van der Waals surface area contributed by atoms with Gasteiger partial charge in [0.1, 0.15) is 11.9 Å². The predicted molar refractivity (Wildman–Crippen MR) is 224 cm³/mol. The number of urea groups is 1. The molecule has 0 aromatic heterocycles. The molecule has 5 aliphatic heterocycles. The molecule has 6 aliphatic rings. The molecule has 4 amide bonds. The monoisotopic (exact) mass is 806 g/mol. The van der Waals surface area contributed by atoms with Gasteiger partial charge in [0.15, 0.2) is 0 Å². The summed E-state index contributed by atoms with van der Waals surface area (Å²) in [5.41, 5.74) is 4.93. The van der Waals surface area contributed by atoms with Crippen LogP contribution in [0.4, 0.5) is 31.9 Å². The zero-order valence-corrected chi connectivity index (χ0v) is 34.0. The van der Waals surface area contributed by atoms with Crippen LogP contribution < -0.4 is 24.9 Å². The van der Waals surface area contributed by atoms with E-state index in [1.54, 1.807) is 17.0 Å². The molecule has 11 nitrogen and oxygen atoms in total. The lowest BCUT2D eigenvalue weighted by molar-refractivity contribution is -0.120. The average molecular weight is 807 g/mol. The second-order valence-corrected chi connectivity index (χ2v) is 18.2. The van der Waals surface area contributed by atoms with Crippen molar-refractivity contribution in [1.29, 1.82) is 5.26 Å². The molecule has 3 aromatic carbocycles. The minimum absolute atomic E-state index is 0.0739. The first-order chi connectivity index (χ1) is 28.0. The summed E-state index contributed by atoms with van der Waals surface area (Å²) in [6, 6.07) is 21.5. The Hall–Kier alpha value is -4.86. The molecule has 0 bridgehead atoms. The van der Waals surface area contributed by atoms with Gasteiger partial charge in [0.05, 0.1) is 16.3 Å². The Morgan fingerprint density at radius 2 is 1.47 bits per heavy atom. The van der Waals surface area contributed by atoms with E-state index >= 15 is 4.39 Å². The van der Waals surface area contributed by atoms with E-state index in [9.17, 15) is 19.6 Å². The van der Waals surface area contributed by atoms with Crippen LogP contribution >= 0.6 is 11.6 Å². The Kier molecular flexibility index (Phi) is 10.3. The SMILES string of the molecule is C[C@@H]1CC2(CCN(c3ccc(C(=O)N4CCC5(CC4)CC(N4CCN(c6ccc(N7CCC(=O)NC7=O)cc6)CC4)C5)cc3F)CC2)CN1c1ccc(C#N)c(Cl)c1. The molecule has 6 fully saturated rings. The molecule has 1 aliphatic carbocycles. The molecule has 2 spiro atoms. The molecule has 3 aromatic rings. The Morgan fingerprint density at radius 3 is 2.12 bits per heavy atom. The third-order valence-electron chi connectivity index (χ3n) is 14.4. The highest BCUT2D eigenvalue weighted by Gasteiger charge is 2.49. The molecular formula is C45H52ClFN8O3. The van der Waals surface area contributed by atoms with Crippen molar-refractivity contribution in [2.24, 2.45) is 10.8 Å². The van der Waals surface area contributed by atoms with E-state index in [1.165, 1.54) is 18.9 Å². The summed E-state index contributed by atoms with van der Waals surface area (Å²) in [4.78, 5) is 50.5. The minimum atomic E-state index is -0.363. The molecule has 5 saturated heterocycles. The molecular weight excluding hydrogens is 755 g/mol. The minimum Gasteiger partial charge on any atom is -0.369 e. The Bertz CT molecular complexity index is 2110. The highest BCUT2D eigenvalue weighted by molar-refractivity contribution is 6.32. The maximum absolute atomic E-state index is 15.7. The third-order valence-corrected chi connectivity index (χ3v) is 14.7. The molecule has 58 heavy (non-hydrogen) atoms. The quantitative estimate of drug-likeness (QED) is 0.287. The fourth-order valence-corrected chi connectivity index (χ4v) is 11.1. The van der Waals surface area contributed by atoms with E-state index in [0.29, 0.717) is 65.4 Å². The van der Waals surface area contributed by atoms with Crippen LogP contribution in [-0.2, 0) is 4.79 Å². The number of likely N-dealkylation sites (tertiary alicyclic amines) is 1. The number of nitrogens with zero attached hydrogens (tertiary/aromatic N) is 7. The van der Waals surface area contributed by atoms with Crippen LogP contribution in [0.2, 0.25) is 5.02 Å². The largest absolute Gasteiger partial charge is 0.369 e. The first kappa shape index (κ1) is 38.6. The summed E-state index contributed by atoms with van der Waals surface area (Å²) in [5.74, 6) is -0.628. The first-order valence-corrected chi connectivity index (χ1v) is 21.4. The Morgan fingerprint density at radius 1 is 0.793 bits per heavy atom. The lowest BCUT2D eigenvalue weighted by Gasteiger charge is -2.56. The summed E-state index contributed by atoms with van der Waals surface area (Å²) >= 11 is 6.37. The van der Waals surface area contributed by atoms with Gasteiger partial charge >= 0.3 is 6.03 Å². The van der Waals surface area contributed by atoms with E-state index < -0.39 is 0 Å². The molecule has 304 valence electrons. The van der Waals surface area contributed by atoms with Crippen LogP contribution in [0, 0.1) is 28.0 Å². The third kappa shape index (κ3) is 7.36. The average Bonchev–Trinajstić information content (AvgIpc) is 3.55. The van der Waals surface area contributed by atoms with Crippen LogP contribution in [0.5, 0.6) is 0 Å². The maximum Gasteiger partial charge on any atom is 0.328 e. The number of benzene rings is 3. The lowest BCUT2D eigenvalue weighted by Crippen LogP contribution is -2.59. The van der Waals surface area contributed by atoms with Gasteiger partial charge in [-0.25, -0.2) is 9.18 Å². The van der Waals surface area contributed by atoms with Crippen LogP contribution in [0.25, 0.3) is 0 Å². The fourth-order valence-electron chi connectivity index (χ4n) is 10.9. The van der Waals surface area contributed by atoms with Crippen molar-refractivity contribution in [3.05, 3.63) is 82.6 Å². The summed E-state index contributed by atoms with van der Waals surface area (Å²) in [7, 11) is 0. The number of hydrogen-bond donors (Lipinski definition) is 1. The van der Waals surface area contributed by atoms with Crippen LogP contribution in [0.1, 0.15) is 74.2 Å². The Balaban J connectivity index is 0.722. The number of piperidine rings is 2. The number of anilines is 4. The van der Waals surface area contributed by atoms with Gasteiger partial charge in [-0.3, -0.25) is 24.7 Å². The van der Waals surface area contributed by atoms with Crippen molar-refractivity contribution in [2.45, 2.75) is 70.4 Å². The number of carbonyl (C=O) groups is 3. The van der Waals surface area contributed by atoms with Crippen molar-refractivity contribution < 1.29 is 18.8 Å². The van der Waals surface area contributed by atoms with Gasteiger partial charge in [0.2, 0.25) is 5.91 Å². The smallest absolute Gasteiger partial charge is 0.328 e. The summed E-state index contributed by atoms with van der Waals surface area (Å²) in [6.45, 7) is 10.5. The van der Waals surface area contributed by atoms with Crippen molar-refractivity contribution >= 4 is 52.2 Å². The zero-order chi connectivity index (χ0) is 40.2. The second-order valence-electron chi connectivity index (χ2n) is 17.8. The number of carbonyl (C=O) groups excluding carboxylic acids is 3. The second kappa shape index (κ2) is 15.4. The van der Waals surface area contributed by atoms with Crippen molar-refractivity contribution in [3.63, 3.8) is 0 Å². The first-order valence-electron chi connectivity index (χ1n) is 21.0. The van der Waals surface area contributed by atoms with E-state index in [4.69, 9.17) is 11.6 Å². The molecule has 1 saturated carbocycles. The summed E-state index contributed by atoms with van der Waals surface area (Å²) in [5, 5.41) is 12.2. The number of rotatable bonds is 6. The van der Waals surface area contributed by atoms with E-state index in [-0.39, 0.29) is 29.1 Å². The van der Waals surface area contributed by atoms with Crippen LogP contribution in [-0.4, -0.2) is 105 Å². The zero-order valence-electron chi connectivity index (χ0n) is 33.3. The van der Waals surface area contributed by atoms with Gasteiger partial charge in [0, 0.05) is 107 Å². The van der Waals surface area contributed by atoms with E-state index in [0.717, 1.165) is 95.0 Å². The molecule has 1 atom stereocenters. The molecule has 13 heteroatoms. The number of amides is 4. The topological polar surface area (TPSA) is 106 Å². The van der Waals surface area contributed by atoms with E-state index in [2.05, 4.69) is 50.0 Å². The van der Waals surface area contributed by atoms with Crippen LogP contribution in [0.3, 0.4) is 0 Å². The highest BCUT2D eigenvalue weighted by Crippen LogP contribution is 2.51. The molecule has 5 heterocycles. The van der Waals surface area contributed by atoms with Gasteiger partial charge in [-0.1, -0.05) is 11.6 Å². The fraction of sp³-hybridized carbons (Fsp3) is 0.511. The number of halogens is 2. The van der Waals surface area contributed by atoms with Crippen molar-refractivity contribution in [1.82, 2.24) is 15.1 Å². The standard InChI is InChI=1S/C45H52ClFN8O3/c1-31-26-45(30-55(31)36-4-2-33(29-48)38(46)25-36)13-16-52(17-14-45)40-9-3-32(24-39(40)47)42(57)53-18-11-44(12-19-53)27-37(28-44)51-22-20-50(21-23-51)34-5-7-35(8-6-34)54-15-10-41(56)49-43(54)58/h2-9,24-25,31,37H,10-23,26-28,30H2,1H3,(H,49,56,58)/t31-/m1/s1. The van der Waals surface area contributed by atoms with Gasteiger partial charge in [-0.05, 0) is 123 Å². The number of imide groups is 1. The number of nitrogens with one attached hydrogen (secondary N) is 1. The number of nitriles is 1. The molecule has 1 N–H and O–H groups in total. The molecule has 0 unspecified atom stereocenters. The van der Waals surface area contributed by atoms with Gasteiger partial charge in [-0.15, -0.1) is 0 Å². The van der Waals surface area contributed by atoms with E-state index in [1.807, 2.05) is 35.2 Å². The number of piperazine rings is 1. The maximum atomic E-state index is 15.7. The van der Waals surface area contributed by atoms with Gasteiger partial charge in [0.25, 0.3) is 5.91 Å². The Labute approximate surface area is 345 Å². The predicted octanol–water partition coefficient (Wildman–Crippen LogP) is 6.89. The summed E-state index contributed by atoms with van der Waals surface area (Å²) in [6.07, 6.45) is 7.64.